The second kappa shape index (κ2) is 10.8. The average Bonchev–Trinajstić information content (AvgIpc) is 3.11. The van der Waals surface area contributed by atoms with Crippen LogP contribution in [0.2, 0.25) is 0 Å². The molecule has 150 valence electrons. The third-order valence-corrected chi connectivity index (χ3v) is 5.54. The van der Waals surface area contributed by atoms with Gasteiger partial charge in [-0.3, -0.25) is 9.79 Å². The highest BCUT2D eigenvalue weighted by Crippen LogP contribution is 2.24. The third kappa shape index (κ3) is 6.20. The SMILES string of the molecule is CN(Cc1ccccc1Br)C(=O)CCN=C(N)Nc1ccc2c(c1)CCC2.I. The van der Waals surface area contributed by atoms with E-state index in [1.54, 1.807) is 11.9 Å². The van der Waals surface area contributed by atoms with E-state index in [1.165, 1.54) is 17.5 Å². The van der Waals surface area contributed by atoms with E-state index < -0.39 is 0 Å². The number of amides is 1. The van der Waals surface area contributed by atoms with Crippen molar-refractivity contribution < 1.29 is 4.79 Å². The molecule has 0 radical (unpaired) electrons. The van der Waals surface area contributed by atoms with E-state index in [0.29, 0.717) is 25.5 Å². The molecule has 0 heterocycles. The maximum absolute atomic E-state index is 12.3. The summed E-state index contributed by atoms with van der Waals surface area (Å²) >= 11 is 3.51. The molecule has 7 heteroatoms. The lowest BCUT2D eigenvalue weighted by atomic mass is 10.1. The van der Waals surface area contributed by atoms with E-state index in [1.807, 2.05) is 30.3 Å². The van der Waals surface area contributed by atoms with Crippen LogP contribution >= 0.6 is 39.9 Å². The Hall–Kier alpha value is -1.61. The van der Waals surface area contributed by atoms with Crippen molar-refractivity contribution in [3.05, 3.63) is 63.6 Å². The number of aryl methyl sites for hydroxylation is 2. The second-order valence-corrected chi connectivity index (χ2v) is 7.67. The molecule has 0 aromatic heterocycles. The molecule has 0 unspecified atom stereocenters. The number of fused-ring (bicyclic) bond motifs is 1. The first-order chi connectivity index (χ1) is 13.0. The van der Waals surface area contributed by atoms with Crippen LogP contribution in [0.5, 0.6) is 0 Å². The number of nitrogens with two attached hydrogens (primary N) is 1. The van der Waals surface area contributed by atoms with Crippen molar-refractivity contribution in [2.75, 3.05) is 18.9 Å². The number of anilines is 1. The van der Waals surface area contributed by atoms with Gasteiger partial charge in [0.25, 0.3) is 0 Å². The van der Waals surface area contributed by atoms with Gasteiger partial charge in [0, 0.05) is 30.2 Å². The van der Waals surface area contributed by atoms with Crippen LogP contribution < -0.4 is 11.1 Å². The molecule has 3 rings (SSSR count). The zero-order valence-corrected chi connectivity index (χ0v) is 19.9. The number of aliphatic imine (C=N–C) groups is 1. The summed E-state index contributed by atoms with van der Waals surface area (Å²) in [6.45, 7) is 0.926. The van der Waals surface area contributed by atoms with Crippen LogP contribution in [0.3, 0.4) is 0 Å². The van der Waals surface area contributed by atoms with E-state index in [4.69, 9.17) is 5.73 Å². The summed E-state index contributed by atoms with van der Waals surface area (Å²) in [4.78, 5) is 18.3. The molecule has 0 bridgehead atoms. The van der Waals surface area contributed by atoms with Gasteiger partial charge in [-0.25, -0.2) is 0 Å². The van der Waals surface area contributed by atoms with Gasteiger partial charge in [0.1, 0.15) is 0 Å². The molecular formula is C21H26BrIN4O. The predicted octanol–water partition coefficient (Wildman–Crippen LogP) is 4.33. The van der Waals surface area contributed by atoms with Crippen LogP contribution in [0.25, 0.3) is 0 Å². The van der Waals surface area contributed by atoms with Crippen LogP contribution in [0.1, 0.15) is 29.5 Å². The molecule has 2 aromatic rings. The minimum Gasteiger partial charge on any atom is -0.370 e. The summed E-state index contributed by atoms with van der Waals surface area (Å²) < 4.78 is 1.01. The Morgan fingerprint density at radius 3 is 2.75 bits per heavy atom. The molecule has 1 aliphatic carbocycles. The zero-order valence-electron chi connectivity index (χ0n) is 16.0. The summed E-state index contributed by atoms with van der Waals surface area (Å²) in [5.41, 5.74) is 10.8. The number of hydrogen-bond donors (Lipinski definition) is 2. The lowest BCUT2D eigenvalue weighted by molar-refractivity contribution is -0.130. The van der Waals surface area contributed by atoms with Crippen molar-refractivity contribution in [2.24, 2.45) is 10.7 Å². The van der Waals surface area contributed by atoms with Crippen LogP contribution in [-0.2, 0) is 24.2 Å². The van der Waals surface area contributed by atoms with Crippen molar-refractivity contribution >= 4 is 57.5 Å². The molecular weight excluding hydrogens is 531 g/mol. The number of carbonyl (C=O) groups excluding carboxylic acids is 1. The van der Waals surface area contributed by atoms with Crippen molar-refractivity contribution in [1.82, 2.24) is 4.90 Å². The molecule has 2 aromatic carbocycles. The largest absolute Gasteiger partial charge is 0.370 e. The van der Waals surface area contributed by atoms with E-state index in [0.717, 1.165) is 28.6 Å². The lowest BCUT2D eigenvalue weighted by Gasteiger charge is -2.17. The molecule has 0 saturated heterocycles. The number of hydrogen-bond acceptors (Lipinski definition) is 2. The van der Waals surface area contributed by atoms with Crippen molar-refractivity contribution in [2.45, 2.75) is 32.2 Å². The maximum Gasteiger partial charge on any atom is 0.224 e. The van der Waals surface area contributed by atoms with E-state index in [2.05, 4.69) is 38.4 Å². The van der Waals surface area contributed by atoms with Crippen molar-refractivity contribution in [3.8, 4) is 0 Å². The summed E-state index contributed by atoms with van der Waals surface area (Å²) in [7, 11) is 1.80. The summed E-state index contributed by atoms with van der Waals surface area (Å²) in [5.74, 6) is 0.383. The van der Waals surface area contributed by atoms with Crippen LogP contribution in [0.4, 0.5) is 5.69 Å². The Bertz CT molecular complexity index is 856. The number of nitrogens with zero attached hydrogens (tertiary/aromatic N) is 2. The molecule has 1 amide bonds. The van der Waals surface area contributed by atoms with Gasteiger partial charge in [0.15, 0.2) is 5.96 Å². The van der Waals surface area contributed by atoms with Gasteiger partial charge in [0.05, 0.1) is 6.54 Å². The monoisotopic (exact) mass is 556 g/mol. The highest BCUT2D eigenvalue weighted by molar-refractivity contribution is 14.0. The van der Waals surface area contributed by atoms with Crippen molar-refractivity contribution in [1.29, 1.82) is 0 Å². The van der Waals surface area contributed by atoms with E-state index in [-0.39, 0.29) is 29.9 Å². The van der Waals surface area contributed by atoms with Gasteiger partial charge in [-0.05, 0) is 54.2 Å². The first-order valence-corrected chi connectivity index (χ1v) is 9.98. The zero-order chi connectivity index (χ0) is 19.2. The predicted molar refractivity (Wildman–Crippen MR) is 129 cm³/mol. The maximum atomic E-state index is 12.3. The Morgan fingerprint density at radius 2 is 1.96 bits per heavy atom. The Kier molecular flexibility index (Phi) is 8.75. The normalized spacial score (nSPS) is 12.9. The number of benzene rings is 2. The molecule has 0 aliphatic heterocycles. The average molecular weight is 557 g/mol. The second-order valence-electron chi connectivity index (χ2n) is 6.82. The van der Waals surface area contributed by atoms with Gasteiger partial charge in [-0.2, -0.15) is 0 Å². The highest BCUT2D eigenvalue weighted by atomic mass is 127. The van der Waals surface area contributed by atoms with E-state index in [9.17, 15) is 4.79 Å². The van der Waals surface area contributed by atoms with Gasteiger partial charge < -0.3 is 16.0 Å². The molecule has 0 atom stereocenters. The van der Waals surface area contributed by atoms with Crippen LogP contribution in [0.15, 0.2) is 51.9 Å². The summed E-state index contributed by atoms with van der Waals surface area (Å²) in [6, 6.07) is 14.2. The first-order valence-electron chi connectivity index (χ1n) is 9.19. The Morgan fingerprint density at radius 1 is 1.21 bits per heavy atom. The fourth-order valence-electron chi connectivity index (χ4n) is 3.27. The highest BCUT2D eigenvalue weighted by Gasteiger charge is 2.12. The van der Waals surface area contributed by atoms with Crippen LogP contribution in [0, 0.1) is 0 Å². The van der Waals surface area contributed by atoms with Gasteiger partial charge in [-0.1, -0.05) is 40.2 Å². The first kappa shape index (κ1) is 22.7. The number of guanidine groups is 1. The molecule has 0 fully saturated rings. The number of rotatable bonds is 6. The molecule has 1 aliphatic rings. The van der Waals surface area contributed by atoms with Gasteiger partial charge in [-0.15, -0.1) is 24.0 Å². The van der Waals surface area contributed by atoms with Crippen molar-refractivity contribution in [3.63, 3.8) is 0 Å². The molecule has 3 N–H and O–H groups in total. The van der Waals surface area contributed by atoms with Crippen LogP contribution in [-0.4, -0.2) is 30.4 Å². The molecule has 0 saturated carbocycles. The number of nitrogens with one attached hydrogen (secondary N) is 1. The standard InChI is InChI=1S/C21H25BrN4O.HI/c1-26(14-17-5-2-3-8-19(17)22)20(27)11-12-24-21(23)25-18-10-9-15-6-4-7-16(15)13-18;/h2-3,5,8-10,13H,4,6-7,11-12,14H2,1H3,(H3,23,24,25);1H. The molecule has 0 spiro atoms. The molecule has 5 nitrogen and oxygen atoms in total. The van der Waals surface area contributed by atoms with Gasteiger partial charge in [0.2, 0.25) is 5.91 Å². The minimum absolute atomic E-state index is 0. The van der Waals surface area contributed by atoms with E-state index >= 15 is 0 Å². The minimum atomic E-state index is 0. The number of halogens is 2. The lowest BCUT2D eigenvalue weighted by Crippen LogP contribution is -2.28. The summed E-state index contributed by atoms with van der Waals surface area (Å²) in [5, 5.41) is 3.12. The molecule has 28 heavy (non-hydrogen) atoms. The van der Waals surface area contributed by atoms with Gasteiger partial charge >= 0.3 is 0 Å². The fraction of sp³-hybridized carbons (Fsp3) is 0.333. The quantitative estimate of drug-likeness (QED) is 0.316. The third-order valence-electron chi connectivity index (χ3n) is 4.77. The Balaban J connectivity index is 0.00000280. The summed E-state index contributed by atoms with van der Waals surface area (Å²) in [6.07, 6.45) is 3.83. The number of carbonyl (C=O) groups is 1. The smallest absolute Gasteiger partial charge is 0.224 e. The Labute approximate surface area is 191 Å². The fourth-order valence-corrected chi connectivity index (χ4v) is 3.68. The topological polar surface area (TPSA) is 70.7 Å².